The molecule has 3 heterocycles. The second-order valence-corrected chi connectivity index (χ2v) is 10.6. The average molecular weight is 618 g/mol. The Hall–Kier alpha value is -4.30. The monoisotopic (exact) mass is 617 g/mol. The van der Waals surface area contributed by atoms with Gasteiger partial charge >= 0.3 is 6.03 Å². The van der Waals surface area contributed by atoms with E-state index in [4.69, 9.17) is 10.5 Å². The molecule has 1 saturated heterocycles. The van der Waals surface area contributed by atoms with Gasteiger partial charge in [-0.1, -0.05) is 12.1 Å². The molecule has 2 aromatic heterocycles. The lowest BCUT2D eigenvalue weighted by molar-refractivity contribution is 0.0496. The number of urea groups is 1. The second-order valence-electron chi connectivity index (χ2n) is 10.6. The van der Waals surface area contributed by atoms with E-state index in [0.717, 1.165) is 56.2 Å². The van der Waals surface area contributed by atoms with Crippen LogP contribution < -0.4 is 16.4 Å². The molecule has 234 valence electrons. The number of aromatic nitrogens is 3. The summed E-state index contributed by atoms with van der Waals surface area (Å²) < 4.78 is 75.6. The molecule has 2 aromatic carbocycles. The number of alkyl halides is 3. The number of ether oxygens (including phenoxy) is 1. The van der Waals surface area contributed by atoms with Gasteiger partial charge in [-0.15, -0.1) is 0 Å². The summed E-state index contributed by atoms with van der Waals surface area (Å²) in [7, 11) is 1.71. The number of hydrogen-bond acceptors (Lipinski definition) is 6. The third-order valence-corrected chi connectivity index (χ3v) is 7.70. The molecule has 1 unspecified atom stereocenters. The van der Waals surface area contributed by atoms with Crippen molar-refractivity contribution in [2.75, 3.05) is 43.2 Å². The van der Waals surface area contributed by atoms with Gasteiger partial charge < -0.3 is 21.1 Å². The fourth-order valence-corrected chi connectivity index (χ4v) is 5.58. The van der Waals surface area contributed by atoms with Crippen LogP contribution in [0.15, 0.2) is 48.8 Å². The molecule has 0 spiro atoms. The molecule has 0 saturated carbocycles. The minimum absolute atomic E-state index is 0.217. The maximum Gasteiger partial charge on any atom is 0.323 e. The van der Waals surface area contributed by atoms with Crippen LogP contribution in [0.1, 0.15) is 36.7 Å². The van der Waals surface area contributed by atoms with E-state index in [1.54, 1.807) is 17.7 Å². The number of methoxy groups -OCH3 is 1. The van der Waals surface area contributed by atoms with Crippen molar-refractivity contribution in [3.05, 3.63) is 71.7 Å². The van der Waals surface area contributed by atoms with Crippen molar-refractivity contribution in [3.8, 4) is 11.1 Å². The molecule has 1 aliphatic heterocycles. The van der Waals surface area contributed by atoms with Crippen molar-refractivity contribution < 1.29 is 31.5 Å². The van der Waals surface area contributed by atoms with E-state index < -0.39 is 41.5 Å². The molecular weight excluding hydrogens is 585 g/mol. The Bertz CT molecular complexity index is 1630. The van der Waals surface area contributed by atoms with Gasteiger partial charge in [0.25, 0.3) is 6.43 Å². The number of carbonyl (C=O) groups excluding carboxylic acids is 1. The first-order chi connectivity index (χ1) is 21.2. The van der Waals surface area contributed by atoms with Crippen LogP contribution in [0.4, 0.5) is 43.9 Å². The Morgan fingerprint density at radius 2 is 1.89 bits per heavy atom. The topological polar surface area (TPSA) is 110 Å². The van der Waals surface area contributed by atoms with E-state index in [1.807, 2.05) is 6.07 Å². The van der Waals surface area contributed by atoms with Crippen LogP contribution >= 0.6 is 0 Å². The molecule has 0 aliphatic carbocycles. The number of nitrogens with zero attached hydrogens (tertiary/aromatic N) is 4. The van der Waals surface area contributed by atoms with Gasteiger partial charge in [0.1, 0.15) is 23.5 Å². The van der Waals surface area contributed by atoms with Crippen LogP contribution in [0.2, 0.25) is 0 Å². The zero-order chi connectivity index (χ0) is 31.4. The molecule has 44 heavy (non-hydrogen) atoms. The van der Waals surface area contributed by atoms with Crippen molar-refractivity contribution >= 4 is 28.7 Å². The number of hydrogen-bond donors (Lipinski definition) is 3. The summed E-state index contributed by atoms with van der Waals surface area (Å²) in [4.78, 5) is 19.0. The number of benzene rings is 2. The van der Waals surface area contributed by atoms with E-state index in [9.17, 15) is 22.4 Å². The lowest BCUT2D eigenvalue weighted by atomic mass is 10.1. The molecule has 4 N–H and O–H groups in total. The molecule has 5 rings (SSSR count). The number of aryl methyl sites for hydroxylation is 1. The summed E-state index contributed by atoms with van der Waals surface area (Å²) >= 11 is 0. The van der Waals surface area contributed by atoms with Crippen LogP contribution in [0.3, 0.4) is 0 Å². The number of carbonyl (C=O) groups is 1. The highest BCUT2D eigenvalue weighted by molar-refractivity contribution is 6.00. The van der Waals surface area contributed by atoms with E-state index in [2.05, 4.69) is 25.6 Å². The SMILES string of the molecule is COC[C@@H]1CCCN1CCCc1cc(-c2ccc(NC(=O)Nc3cc(C(F)C(F)F)ccc3F)c(F)c2)c2c(N)ncnn12. The number of nitrogens with one attached hydrogen (secondary N) is 2. The van der Waals surface area contributed by atoms with Gasteiger partial charge in [0, 0.05) is 24.4 Å². The molecule has 4 aromatic rings. The summed E-state index contributed by atoms with van der Waals surface area (Å²) in [5.41, 5.74) is 7.37. The minimum atomic E-state index is -3.32. The number of rotatable bonds is 11. The Labute approximate surface area is 250 Å². The lowest BCUT2D eigenvalue weighted by Crippen LogP contribution is -2.33. The first kappa shape index (κ1) is 31.1. The molecule has 2 atom stereocenters. The first-order valence-electron chi connectivity index (χ1n) is 14.1. The van der Waals surface area contributed by atoms with Crippen LogP contribution in [0.25, 0.3) is 16.6 Å². The molecule has 1 fully saturated rings. The Kier molecular flexibility index (Phi) is 9.59. The van der Waals surface area contributed by atoms with Gasteiger partial charge in [-0.25, -0.2) is 36.2 Å². The van der Waals surface area contributed by atoms with Gasteiger partial charge in [0.15, 0.2) is 12.0 Å². The molecule has 0 radical (unpaired) electrons. The van der Waals surface area contributed by atoms with Crippen molar-refractivity contribution in [1.29, 1.82) is 0 Å². The van der Waals surface area contributed by atoms with Crippen LogP contribution in [-0.4, -0.2) is 64.8 Å². The third-order valence-electron chi connectivity index (χ3n) is 7.70. The molecular formula is C30H32F5N7O2. The third kappa shape index (κ3) is 6.76. The largest absolute Gasteiger partial charge is 0.383 e. The van der Waals surface area contributed by atoms with Crippen molar-refractivity contribution in [2.24, 2.45) is 0 Å². The Morgan fingerprint density at radius 1 is 1.09 bits per heavy atom. The molecule has 2 amide bonds. The van der Waals surface area contributed by atoms with Gasteiger partial charge in [-0.3, -0.25) is 4.90 Å². The van der Waals surface area contributed by atoms with Gasteiger partial charge in [0.2, 0.25) is 0 Å². The lowest BCUT2D eigenvalue weighted by Gasteiger charge is -2.23. The standard InChI is InChI=1S/C30H32F5N7O2/c1-44-15-20-5-3-11-41(20)10-2-4-19-14-21(27-29(36)37-16-38-42(19)27)17-7-9-24(23(32)12-17)39-30(43)40-25-13-18(6-8-22(25)31)26(33)28(34)35/h6-9,12-14,16,20,26,28H,2-5,10-11,15H2,1H3,(H2,36,37,38)(H2,39,40,43)/t20-,26?/m0/s1. The van der Waals surface area contributed by atoms with Crippen molar-refractivity contribution in [1.82, 2.24) is 19.5 Å². The highest BCUT2D eigenvalue weighted by Crippen LogP contribution is 2.33. The normalized spacial score (nSPS) is 16.1. The first-order valence-corrected chi connectivity index (χ1v) is 14.1. The molecule has 0 bridgehead atoms. The quantitative estimate of drug-likeness (QED) is 0.173. The number of halogens is 5. The van der Waals surface area contributed by atoms with Gasteiger partial charge in [0.05, 0.1) is 18.0 Å². The van der Waals surface area contributed by atoms with Crippen LogP contribution in [0, 0.1) is 11.6 Å². The number of nitrogens with two attached hydrogens (primary N) is 1. The van der Waals surface area contributed by atoms with Crippen LogP contribution in [0.5, 0.6) is 0 Å². The second kappa shape index (κ2) is 13.6. The van der Waals surface area contributed by atoms with Crippen LogP contribution in [-0.2, 0) is 11.2 Å². The van der Waals surface area contributed by atoms with E-state index in [-0.39, 0.29) is 11.5 Å². The van der Waals surface area contributed by atoms with Crippen molar-refractivity contribution in [3.63, 3.8) is 0 Å². The number of fused-ring (bicyclic) bond motifs is 1. The highest BCUT2D eigenvalue weighted by atomic mass is 19.3. The van der Waals surface area contributed by atoms with Gasteiger partial charge in [-0.2, -0.15) is 5.10 Å². The highest BCUT2D eigenvalue weighted by Gasteiger charge is 2.25. The van der Waals surface area contributed by atoms with E-state index in [1.165, 1.54) is 18.5 Å². The Balaban J connectivity index is 1.31. The molecule has 9 nitrogen and oxygen atoms in total. The van der Waals surface area contributed by atoms with E-state index >= 15 is 4.39 Å². The summed E-state index contributed by atoms with van der Waals surface area (Å²) in [6, 6.07) is 7.71. The number of likely N-dealkylation sites (tertiary alicyclic amines) is 1. The minimum Gasteiger partial charge on any atom is -0.383 e. The predicted molar refractivity (Wildman–Crippen MR) is 156 cm³/mol. The molecule has 14 heteroatoms. The summed E-state index contributed by atoms with van der Waals surface area (Å²) in [5, 5.41) is 8.73. The fourth-order valence-electron chi connectivity index (χ4n) is 5.58. The maximum atomic E-state index is 15.2. The van der Waals surface area contributed by atoms with Crippen molar-refractivity contribution in [2.45, 2.75) is 44.3 Å². The summed E-state index contributed by atoms with van der Waals surface area (Å²) in [6.07, 6.45) is -0.829. The zero-order valence-electron chi connectivity index (χ0n) is 23.9. The number of nitrogen functional groups attached to an aromatic ring is 1. The maximum absolute atomic E-state index is 15.2. The smallest absolute Gasteiger partial charge is 0.323 e. The Morgan fingerprint density at radius 3 is 2.64 bits per heavy atom. The predicted octanol–water partition coefficient (Wildman–Crippen LogP) is 6.22. The number of amides is 2. The summed E-state index contributed by atoms with van der Waals surface area (Å²) in [5.74, 6) is -1.56. The number of anilines is 3. The average Bonchev–Trinajstić information content (AvgIpc) is 3.60. The summed E-state index contributed by atoms with van der Waals surface area (Å²) in [6.45, 7) is 2.62. The van der Waals surface area contributed by atoms with E-state index in [0.29, 0.717) is 35.7 Å². The zero-order valence-corrected chi connectivity index (χ0v) is 23.9. The van der Waals surface area contributed by atoms with Gasteiger partial charge in [-0.05, 0) is 80.2 Å². The molecule has 1 aliphatic rings. The fraction of sp³-hybridized carbons (Fsp3) is 0.367.